The van der Waals surface area contributed by atoms with E-state index in [-0.39, 0.29) is 24.1 Å². The van der Waals surface area contributed by atoms with Crippen LogP contribution in [0.5, 0.6) is 0 Å². The molecule has 0 radical (unpaired) electrons. The van der Waals surface area contributed by atoms with Gasteiger partial charge in [-0.2, -0.15) is 0 Å². The Morgan fingerprint density at radius 1 is 1.13 bits per heavy atom. The van der Waals surface area contributed by atoms with Gasteiger partial charge >= 0.3 is 6.09 Å². The SMILES string of the molecule is CC(C)(C)OC(=O)NC1CCC(NC(=O)c2cccnc2)CC1. The quantitative estimate of drug-likeness (QED) is 0.897. The lowest BCUT2D eigenvalue weighted by molar-refractivity contribution is 0.0488. The number of alkyl carbamates (subject to hydrolysis) is 1. The maximum Gasteiger partial charge on any atom is 0.407 e. The molecule has 1 aliphatic rings. The number of carbonyl (C=O) groups excluding carboxylic acids is 2. The third-order valence-electron chi connectivity index (χ3n) is 3.71. The van der Waals surface area contributed by atoms with Crippen LogP contribution >= 0.6 is 0 Å². The molecule has 0 unspecified atom stereocenters. The topological polar surface area (TPSA) is 80.3 Å². The summed E-state index contributed by atoms with van der Waals surface area (Å²) in [6.07, 6.45) is 6.17. The standard InChI is InChI=1S/C17H25N3O3/c1-17(2,3)23-16(22)20-14-8-6-13(7-9-14)19-15(21)12-5-4-10-18-11-12/h4-5,10-11,13-14H,6-9H2,1-3H3,(H,19,21)(H,20,22). The lowest BCUT2D eigenvalue weighted by atomic mass is 9.91. The summed E-state index contributed by atoms with van der Waals surface area (Å²) < 4.78 is 5.26. The van der Waals surface area contributed by atoms with Crippen LogP contribution in [-0.2, 0) is 4.74 Å². The van der Waals surface area contributed by atoms with Gasteiger partial charge < -0.3 is 15.4 Å². The zero-order chi connectivity index (χ0) is 16.9. The summed E-state index contributed by atoms with van der Waals surface area (Å²) in [7, 11) is 0. The Morgan fingerprint density at radius 3 is 2.26 bits per heavy atom. The highest BCUT2D eigenvalue weighted by Crippen LogP contribution is 2.19. The van der Waals surface area contributed by atoms with Crippen molar-refractivity contribution in [2.45, 2.75) is 64.1 Å². The number of aromatic nitrogens is 1. The third-order valence-corrected chi connectivity index (χ3v) is 3.71. The van der Waals surface area contributed by atoms with Crippen molar-refractivity contribution in [1.29, 1.82) is 0 Å². The molecule has 1 fully saturated rings. The van der Waals surface area contributed by atoms with E-state index in [1.165, 1.54) is 0 Å². The number of amides is 2. The molecule has 126 valence electrons. The summed E-state index contributed by atoms with van der Waals surface area (Å²) in [5.74, 6) is -0.0957. The maximum atomic E-state index is 12.1. The van der Waals surface area contributed by atoms with Crippen LogP contribution in [0.4, 0.5) is 4.79 Å². The van der Waals surface area contributed by atoms with Crippen LogP contribution in [0.3, 0.4) is 0 Å². The van der Waals surface area contributed by atoms with Gasteiger partial charge in [-0.3, -0.25) is 9.78 Å². The first kappa shape index (κ1) is 17.2. The van der Waals surface area contributed by atoms with E-state index < -0.39 is 5.60 Å². The third kappa shape index (κ3) is 5.88. The largest absolute Gasteiger partial charge is 0.444 e. The van der Waals surface area contributed by atoms with Crippen LogP contribution in [0.15, 0.2) is 24.5 Å². The lowest BCUT2D eigenvalue weighted by Crippen LogP contribution is -2.45. The number of pyridine rings is 1. The number of carbonyl (C=O) groups is 2. The minimum atomic E-state index is -0.487. The first-order valence-electron chi connectivity index (χ1n) is 8.04. The molecule has 0 saturated heterocycles. The fraction of sp³-hybridized carbons (Fsp3) is 0.588. The predicted molar refractivity (Wildman–Crippen MR) is 87.1 cm³/mol. The van der Waals surface area contributed by atoms with Gasteiger partial charge in [-0.15, -0.1) is 0 Å². The Balaban J connectivity index is 1.74. The van der Waals surface area contributed by atoms with E-state index in [0.29, 0.717) is 5.56 Å². The van der Waals surface area contributed by atoms with Crippen molar-refractivity contribution < 1.29 is 14.3 Å². The molecule has 0 aliphatic heterocycles. The molecular weight excluding hydrogens is 294 g/mol. The van der Waals surface area contributed by atoms with Crippen LogP contribution in [0.25, 0.3) is 0 Å². The number of rotatable bonds is 3. The van der Waals surface area contributed by atoms with Gasteiger partial charge in [0, 0.05) is 24.5 Å². The van der Waals surface area contributed by atoms with Crippen molar-refractivity contribution in [3.8, 4) is 0 Å². The van der Waals surface area contributed by atoms with Gasteiger partial charge in [0.2, 0.25) is 0 Å². The summed E-state index contributed by atoms with van der Waals surface area (Å²) in [6, 6.07) is 3.74. The fourth-order valence-electron chi connectivity index (χ4n) is 2.62. The minimum Gasteiger partial charge on any atom is -0.444 e. The van der Waals surface area contributed by atoms with Gasteiger partial charge in [0.25, 0.3) is 5.91 Å². The summed E-state index contributed by atoms with van der Waals surface area (Å²) in [4.78, 5) is 27.8. The van der Waals surface area contributed by atoms with Crippen molar-refractivity contribution in [2.24, 2.45) is 0 Å². The highest BCUT2D eigenvalue weighted by Gasteiger charge is 2.25. The van der Waals surface area contributed by atoms with Gasteiger partial charge in [0.15, 0.2) is 0 Å². The molecule has 1 aliphatic carbocycles. The first-order valence-corrected chi connectivity index (χ1v) is 8.04. The van der Waals surface area contributed by atoms with Crippen LogP contribution < -0.4 is 10.6 Å². The van der Waals surface area contributed by atoms with Crippen molar-refractivity contribution in [3.05, 3.63) is 30.1 Å². The Bertz CT molecular complexity index is 532. The number of nitrogens with zero attached hydrogens (tertiary/aromatic N) is 1. The molecule has 0 bridgehead atoms. The first-order chi connectivity index (χ1) is 10.8. The summed E-state index contributed by atoms with van der Waals surface area (Å²) >= 11 is 0. The number of ether oxygens (including phenoxy) is 1. The molecule has 1 saturated carbocycles. The normalized spacial score (nSPS) is 21.3. The Labute approximate surface area is 137 Å². The number of nitrogens with one attached hydrogen (secondary N) is 2. The van der Waals surface area contributed by atoms with Crippen LogP contribution in [0.2, 0.25) is 0 Å². The number of hydrogen-bond acceptors (Lipinski definition) is 4. The van der Waals surface area contributed by atoms with Crippen LogP contribution in [-0.4, -0.2) is 34.7 Å². The molecule has 6 heteroatoms. The molecule has 23 heavy (non-hydrogen) atoms. The summed E-state index contributed by atoms with van der Waals surface area (Å²) in [5, 5.41) is 5.92. The second-order valence-corrected chi connectivity index (χ2v) is 6.91. The molecule has 0 spiro atoms. The van der Waals surface area contributed by atoms with Crippen molar-refractivity contribution in [2.75, 3.05) is 0 Å². The molecule has 2 amide bonds. The second-order valence-electron chi connectivity index (χ2n) is 6.91. The van der Waals surface area contributed by atoms with E-state index in [2.05, 4.69) is 15.6 Å². The molecular formula is C17H25N3O3. The van der Waals surface area contributed by atoms with E-state index in [1.54, 1.807) is 24.5 Å². The Kier molecular flexibility index (Phi) is 5.58. The average Bonchev–Trinajstić information content (AvgIpc) is 2.48. The Morgan fingerprint density at radius 2 is 1.74 bits per heavy atom. The molecule has 1 aromatic rings. The zero-order valence-electron chi connectivity index (χ0n) is 14.0. The molecule has 0 atom stereocenters. The lowest BCUT2D eigenvalue weighted by Gasteiger charge is -2.30. The maximum absolute atomic E-state index is 12.1. The van der Waals surface area contributed by atoms with Crippen LogP contribution in [0.1, 0.15) is 56.8 Å². The molecule has 0 aromatic carbocycles. The highest BCUT2D eigenvalue weighted by atomic mass is 16.6. The molecule has 6 nitrogen and oxygen atoms in total. The molecule has 1 aromatic heterocycles. The van der Waals surface area contributed by atoms with Gasteiger partial charge in [0.05, 0.1) is 5.56 Å². The van der Waals surface area contributed by atoms with Crippen molar-refractivity contribution in [1.82, 2.24) is 15.6 Å². The zero-order valence-corrected chi connectivity index (χ0v) is 14.0. The van der Waals surface area contributed by atoms with E-state index in [9.17, 15) is 9.59 Å². The summed E-state index contributed by atoms with van der Waals surface area (Å²) in [6.45, 7) is 5.53. The van der Waals surface area contributed by atoms with Gasteiger partial charge in [-0.25, -0.2) is 4.79 Å². The molecule has 1 heterocycles. The molecule has 2 rings (SSSR count). The minimum absolute atomic E-state index is 0.0957. The van der Waals surface area contributed by atoms with E-state index in [0.717, 1.165) is 25.7 Å². The monoisotopic (exact) mass is 319 g/mol. The van der Waals surface area contributed by atoms with Gasteiger partial charge in [-0.1, -0.05) is 0 Å². The smallest absolute Gasteiger partial charge is 0.407 e. The van der Waals surface area contributed by atoms with E-state index in [1.807, 2.05) is 20.8 Å². The number of hydrogen-bond donors (Lipinski definition) is 2. The van der Waals surface area contributed by atoms with Crippen molar-refractivity contribution in [3.63, 3.8) is 0 Å². The van der Waals surface area contributed by atoms with E-state index in [4.69, 9.17) is 4.74 Å². The molecule has 2 N–H and O–H groups in total. The Hall–Kier alpha value is -2.11. The van der Waals surface area contributed by atoms with Crippen molar-refractivity contribution >= 4 is 12.0 Å². The van der Waals surface area contributed by atoms with Crippen LogP contribution in [0, 0.1) is 0 Å². The fourth-order valence-corrected chi connectivity index (χ4v) is 2.62. The van der Waals surface area contributed by atoms with Gasteiger partial charge in [0.1, 0.15) is 5.60 Å². The summed E-state index contributed by atoms with van der Waals surface area (Å²) in [5.41, 5.74) is 0.0837. The predicted octanol–water partition coefficient (Wildman–Crippen LogP) is 2.65. The van der Waals surface area contributed by atoms with Gasteiger partial charge in [-0.05, 0) is 58.6 Å². The highest BCUT2D eigenvalue weighted by molar-refractivity contribution is 5.94. The average molecular weight is 319 g/mol. The second kappa shape index (κ2) is 7.44. The van der Waals surface area contributed by atoms with E-state index >= 15 is 0 Å².